The number of aromatic nitrogens is 1. The third kappa shape index (κ3) is 4.74. The minimum atomic E-state index is -0.732. The number of ether oxygens (including phenoxy) is 2. The number of hydrogen-bond acceptors (Lipinski definition) is 5. The number of rotatable bonds is 7. The van der Waals surface area contributed by atoms with Crippen LogP contribution in [0.2, 0.25) is 0 Å². The second-order valence-electron chi connectivity index (χ2n) is 7.91. The molecule has 1 unspecified atom stereocenters. The summed E-state index contributed by atoms with van der Waals surface area (Å²) in [5.41, 5.74) is 0.653. The van der Waals surface area contributed by atoms with E-state index in [-0.39, 0.29) is 47.9 Å². The average molecular weight is 442 g/mol. The van der Waals surface area contributed by atoms with E-state index >= 15 is 0 Å². The first-order chi connectivity index (χ1) is 15.4. The largest absolute Gasteiger partial charge is 0.486 e. The van der Waals surface area contributed by atoms with Gasteiger partial charge in [-0.05, 0) is 35.7 Å². The monoisotopic (exact) mass is 442 g/mol. The molecule has 32 heavy (non-hydrogen) atoms. The molecule has 0 saturated carbocycles. The standard InChI is InChI=1S/C24H24F2N2O4/c1-14(2)24(15-6-7-18-19(12-15)31-11-10-30-18)28-21(29)8-9-22-27-13-20(32-22)23-16(25)4-3-5-17(23)26/h3-7,12-14,24H,8-11H2,1-2H3,(H,28,29). The van der Waals surface area contributed by atoms with E-state index in [0.29, 0.717) is 24.7 Å². The first-order valence-electron chi connectivity index (χ1n) is 10.5. The normalized spacial score (nSPS) is 13.8. The Kier molecular flexibility index (Phi) is 6.39. The Bertz CT molecular complexity index is 1090. The van der Waals surface area contributed by atoms with Crippen molar-refractivity contribution in [3.05, 3.63) is 65.7 Å². The molecule has 8 heteroatoms. The van der Waals surface area contributed by atoms with Gasteiger partial charge >= 0.3 is 0 Å². The fraction of sp³-hybridized carbons (Fsp3) is 0.333. The molecule has 0 radical (unpaired) electrons. The van der Waals surface area contributed by atoms with E-state index in [0.717, 1.165) is 17.7 Å². The van der Waals surface area contributed by atoms with Crippen LogP contribution in [0.1, 0.15) is 37.8 Å². The van der Waals surface area contributed by atoms with Crippen LogP contribution in [0.25, 0.3) is 11.3 Å². The van der Waals surface area contributed by atoms with Crippen LogP contribution >= 0.6 is 0 Å². The number of carbonyl (C=O) groups excluding carboxylic acids is 1. The maximum Gasteiger partial charge on any atom is 0.221 e. The molecule has 1 aliphatic rings. The highest BCUT2D eigenvalue weighted by Gasteiger charge is 2.22. The third-order valence-corrected chi connectivity index (χ3v) is 5.24. The summed E-state index contributed by atoms with van der Waals surface area (Å²) in [4.78, 5) is 16.7. The van der Waals surface area contributed by atoms with Crippen molar-refractivity contribution in [2.24, 2.45) is 5.92 Å². The van der Waals surface area contributed by atoms with E-state index in [1.54, 1.807) is 0 Å². The fourth-order valence-corrected chi connectivity index (χ4v) is 3.63. The number of halogens is 2. The Morgan fingerprint density at radius 2 is 1.81 bits per heavy atom. The maximum atomic E-state index is 13.9. The molecule has 0 fully saturated rings. The summed E-state index contributed by atoms with van der Waals surface area (Å²) in [5.74, 6) is 0.0790. The molecule has 168 valence electrons. The van der Waals surface area contributed by atoms with Gasteiger partial charge in [0.2, 0.25) is 5.91 Å². The number of aryl methyl sites for hydroxylation is 1. The summed E-state index contributed by atoms with van der Waals surface area (Å²) < 4.78 is 44.6. The quantitative estimate of drug-likeness (QED) is 0.567. The highest BCUT2D eigenvalue weighted by molar-refractivity contribution is 5.76. The summed E-state index contributed by atoms with van der Waals surface area (Å²) in [5, 5.41) is 3.04. The molecule has 1 aliphatic heterocycles. The van der Waals surface area contributed by atoms with Crippen LogP contribution in [0.15, 0.2) is 47.0 Å². The summed E-state index contributed by atoms with van der Waals surface area (Å²) in [7, 11) is 0. The third-order valence-electron chi connectivity index (χ3n) is 5.24. The molecular formula is C24H24F2N2O4. The zero-order valence-electron chi connectivity index (χ0n) is 17.9. The Morgan fingerprint density at radius 3 is 2.53 bits per heavy atom. The zero-order chi connectivity index (χ0) is 22.7. The number of oxazole rings is 1. The number of carbonyl (C=O) groups is 1. The summed E-state index contributed by atoms with van der Waals surface area (Å²) >= 11 is 0. The van der Waals surface area contributed by atoms with E-state index in [1.165, 1.54) is 12.3 Å². The van der Waals surface area contributed by atoms with Crippen LogP contribution in [0.5, 0.6) is 11.5 Å². The summed E-state index contributed by atoms with van der Waals surface area (Å²) in [6.07, 6.45) is 1.59. The van der Waals surface area contributed by atoms with Gasteiger partial charge in [0.05, 0.1) is 17.8 Å². The molecule has 0 saturated heterocycles. The Balaban J connectivity index is 1.40. The molecule has 0 aliphatic carbocycles. The smallest absolute Gasteiger partial charge is 0.221 e. The first kappa shape index (κ1) is 21.8. The van der Waals surface area contributed by atoms with Gasteiger partial charge in [-0.25, -0.2) is 13.8 Å². The van der Waals surface area contributed by atoms with Gasteiger partial charge in [-0.2, -0.15) is 0 Å². The van der Waals surface area contributed by atoms with E-state index < -0.39 is 11.6 Å². The minimum Gasteiger partial charge on any atom is -0.486 e. The SMILES string of the molecule is CC(C)C(NC(=O)CCc1ncc(-c2c(F)cccc2F)o1)c1ccc2c(c1)OCCO2. The number of nitrogens with one attached hydrogen (secondary N) is 1. The van der Waals surface area contributed by atoms with Crippen LogP contribution in [0.3, 0.4) is 0 Å². The number of benzene rings is 2. The second-order valence-corrected chi connectivity index (χ2v) is 7.91. The van der Waals surface area contributed by atoms with Gasteiger partial charge < -0.3 is 19.2 Å². The van der Waals surface area contributed by atoms with Crippen molar-refractivity contribution >= 4 is 5.91 Å². The number of hydrogen-bond donors (Lipinski definition) is 1. The second kappa shape index (κ2) is 9.38. The molecule has 1 amide bonds. The lowest BCUT2D eigenvalue weighted by Crippen LogP contribution is -2.32. The van der Waals surface area contributed by atoms with Gasteiger partial charge in [0.15, 0.2) is 23.1 Å². The predicted octanol–water partition coefficient (Wildman–Crippen LogP) is 4.84. The maximum absolute atomic E-state index is 13.9. The van der Waals surface area contributed by atoms with E-state index in [1.807, 2.05) is 32.0 Å². The molecule has 3 aromatic rings. The molecule has 0 spiro atoms. The van der Waals surface area contributed by atoms with Crippen LogP contribution in [-0.2, 0) is 11.2 Å². The molecule has 1 N–H and O–H groups in total. The topological polar surface area (TPSA) is 73.6 Å². The van der Waals surface area contributed by atoms with Gasteiger partial charge in [-0.15, -0.1) is 0 Å². The van der Waals surface area contributed by atoms with Gasteiger partial charge in [-0.1, -0.05) is 26.0 Å². The number of amides is 1. The van der Waals surface area contributed by atoms with Crippen molar-refractivity contribution < 1.29 is 27.5 Å². The first-order valence-corrected chi connectivity index (χ1v) is 10.5. The van der Waals surface area contributed by atoms with E-state index in [4.69, 9.17) is 13.9 Å². The lowest BCUT2D eigenvalue weighted by atomic mass is 9.95. The van der Waals surface area contributed by atoms with Crippen LogP contribution in [-0.4, -0.2) is 24.1 Å². The molecule has 1 atom stereocenters. The highest BCUT2D eigenvalue weighted by atomic mass is 19.1. The Labute approximate surface area is 184 Å². The predicted molar refractivity (Wildman–Crippen MR) is 113 cm³/mol. The van der Waals surface area contributed by atoms with Crippen LogP contribution in [0.4, 0.5) is 8.78 Å². The summed E-state index contributed by atoms with van der Waals surface area (Å²) in [6.45, 7) is 5.04. The molecule has 2 heterocycles. The van der Waals surface area contributed by atoms with Crippen molar-refractivity contribution in [2.45, 2.75) is 32.7 Å². The molecule has 4 rings (SSSR count). The van der Waals surface area contributed by atoms with Crippen molar-refractivity contribution in [3.8, 4) is 22.8 Å². The van der Waals surface area contributed by atoms with E-state index in [2.05, 4.69) is 10.3 Å². The average Bonchev–Trinajstić information content (AvgIpc) is 3.24. The van der Waals surface area contributed by atoms with Crippen molar-refractivity contribution in [3.63, 3.8) is 0 Å². The van der Waals surface area contributed by atoms with Gasteiger partial charge in [0, 0.05) is 12.8 Å². The number of fused-ring (bicyclic) bond motifs is 1. The highest BCUT2D eigenvalue weighted by Crippen LogP contribution is 2.34. The van der Waals surface area contributed by atoms with Crippen molar-refractivity contribution in [1.82, 2.24) is 10.3 Å². The molecule has 1 aromatic heterocycles. The molecule has 0 bridgehead atoms. The molecule has 6 nitrogen and oxygen atoms in total. The van der Waals surface area contributed by atoms with Crippen molar-refractivity contribution in [1.29, 1.82) is 0 Å². The lowest BCUT2D eigenvalue weighted by molar-refractivity contribution is -0.122. The lowest BCUT2D eigenvalue weighted by Gasteiger charge is -2.25. The number of nitrogens with zero attached hydrogens (tertiary/aromatic N) is 1. The molecule has 2 aromatic carbocycles. The van der Waals surface area contributed by atoms with Crippen LogP contribution in [0, 0.1) is 17.6 Å². The minimum absolute atomic E-state index is 0.00709. The van der Waals surface area contributed by atoms with Crippen molar-refractivity contribution in [2.75, 3.05) is 13.2 Å². The van der Waals surface area contributed by atoms with Gasteiger partial charge in [0.25, 0.3) is 0 Å². The summed E-state index contributed by atoms with van der Waals surface area (Å²) in [6, 6.07) is 9.02. The Hall–Kier alpha value is -3.42. The zero-order valence-corrected chi connectivity index (χ0v) is 17.9. The van der Waals surface area contributed by atoms with Gasteiger partial charge in [0.1, 0.15) is 24.8 Å². The van der Waals surface area contributed by atoms with Gasteiger partial charge in [-0.3, -0.25) is 4.79 Å². The fourth-order valence-electron chi connectivity index (χ4n) is 3.63. The van der Waals surface area contributed by atoms with E-state index in [9.17, 15) is 13.6 Å². The Morgan fingerprint density at radius 1 is 1.09 bits per heavy atom. The molecular weight excluding hydrogens is 418 g/mol. The van der Waals surface area contributed by atoms with Crippen LogP contribution < -0.4 is 14.8 Å².